The highest BCUT2D eigenvalue weighted by Gasteiger charge is 2.18. The van der Waals surface area contributed by atoms with Crippen LogP contribution in [0.25, 0.3) is 0 Å². The average Bonchev–Trinajstić information content (AvgIpc) is 2.36. The second-order valence-electron chi connectivity index (χ2n) is 2.12. The Morgan fingerprint density at radius 1 is 1.80 bits per heavy atom. The van der Waals surface area contributed by atoms with Crippen LogP contribution in [0.4, 0.5) is 0 Å². The molecule has 4 nitrogen and oxygen atoms in total. The fraction of sp³-hybridized carbons (Fsp3) is 0.500. The maximum atomic E-state index is 10.5. The molecule has 0 saturated carbocycles. The molecule has 4 heteroatoms. The number of amides is 1. The first-order valence-electron chi connectivity index (χ1n) is 3.09. The third-order valence-electron chi connectivity index (χ3n) is 1.35. The quantitative estimate of drug-likeness (QED) is 0.524. The summed E-state index contributed by atoms with van der Waals surface area (Å²) < 4.78 is 5.01. The van der Waals surface area contributed by atoms with E-state index in [1.165, 1.54) is 0 Å². The van der Waals surface area contributed by atoms with Crippen molar-refractivity contribution >= 4 is 5.91 Å². The molecule has 1 rings (SSSR count). The average molecular weight is 142 g/mol. The molecular formula is C6H10N2O2. The molecule has 0 spiro atoms. The van der Waals surface area contributed by atoms with Gasteiger partial charge in [0.25, 0.3) is 0 Å². The molecule has 1 aliphatic rings. The molecule has 1 amide bonds. The Morgan fingerprint density at radius 3 is 2.90 bits per heavy atom. The summed E-state index contributed by atoms with van der Waals surface area (Å²) in [5, 5.41) is 0. The summed E-state index contributed by atoms with van der Waals surface area (Å²) in [5.74, 6) is -0.0411. The molecule has 4 N–H and O–H groups in total. The number of rotatable bonds is 2. The molecule has 56 valence electrons. The predicted molar refractivity (Wildman–Crippen MR) is 35.8 cm³/mol. The number of carbonyl (C=O) groups excluding carboxylic acids is 1. The zero-order chi connectivity index (χ0) is 7.56. The second kappa shape index (κ2) is 2.70. The van der Waals surface area contributed by atoms with E-state index in [2.05, 4.69) is 0 Å². The lowest BCUT2D eigenvalue weighted by atomic mass is 10.2. The summed E-state index contributed by atoms with van der Waals surface area (Å²) in [7, 11) is 0. The number of hydrogen-bond acceptors (Lipinski definition) is 3. The van der Waals surface area contributed by atoms with E-state index in [9.17, 15) is 4.79 Å². The SMILES string of the molecule is NC(=O)C(N)C1=CCCO1. The van der Waals surface area contributed by atoms with E-state index in [4.69, 9.17) is 16.2 Å². The van der Waals surface area contributed by atoms with Gasteiger partial charge in [-0.05, 0) is 6.08 Å². The highest BCUT2D eigenvalue weighted by atomic mass is 16.5. The van der Waals surface area contributed by atoms with Gasteiger partial charge in [-0.15, -0.1) is 0 Å². The maximum Gasteiger partial charge on any atom is 0.242 e. The van der Waals surface area contributed by atoms with E-state index in [0.717, 1.165) is 6.42 Å². The normalized spacial score (nSPS) is 19.5. The minimum absolute atomic E-state index is 0.507. The van der Waals surface area contributed by atoms with Gasteiger partial charge in [0, 0.05) is 6.42 Å². The minimum Gasteiger partial charge on any atom is -0.496 e. The van der Waals surface area contributed by atoms with Crippen LogP contribution in [0.2, 0.25) is 0 Å². The van der Waals surface area contributed by atoms with Gasteiger partial charge in [-0.25, -0.2) is 0 Å². The van der Waals surface area contributed by atoms with Crippen molar-refractivity contribution < 1.29 is 9.53 Å². The molecule has 0 aliphatic carbocycles. The summed E-state index contributed by atoms with van der Waals surface area (Å²) in [4.78, 5) is 10.5. The van der Waals surface area contributed by atoms with Crippen molar-refractivity contribution in [1.29, 1.82) is 0 Å². The maximum absolute atomic E-state index is 10.5. The first kappa shape index (κ1) is 7.08. The van der Waals surface area contributed by atoms with Crippen molar-refractivity contribution in [1.82, 2.24) is 0 Å². The predicted octanol–water partition coefficient (Wildman–Crippen LogP) is -0.897. The molecule has 0 saturated heterocycles. The molecule has 1 aliphatic heterocycles. The molecule has 0 aromatic heterocycles. The smallest absolute Gasteiger partial charge is 0.242 e. The van der Waals surface area contributed by atoms with Crippen LogP contribution >= 0.6 is 0 Å². The van der Waals surface area contributed by atoms with Gasteiger partial charge in [0.2, 0.25) is 5.91 Å². The lowest BCUT2D eigenvalue weighted by Crippen LogP contribution is -2.38. The molecule has 0 aromatic carbocycles. The van der Waals surface area contributed by atoms with Crippen molar-refractivity contribution in [2.75, 3.05) is 6.61 Å². The first-order chi connectivity index (χ1) is 4.72. The Bertz CT molecular complexity index is 177. The van der Waals surface area contributed by atoms with Crippen molar-refractivity contribution in [3.05, 3.63) is 11.8 Å². The number of carbonyl (C=O) groups is 1. The van der Waals surface area contributed by atoms with E-state index < -0.39 is 11.9 Å². The third-order valence-corrected chi connectivity index (χ3v) is 1.35. The summed E-state index contributed by atoms with van der Waals surface area (Å²) >= 11 is 0. The number of hydrogen-bond donors (Lipinski definition) is 2. The van der Waals surface area contributed by atoms with E-state index >= 15 is 0 Å². The van der Waals surface area contributed by atoms with Crippen molar-refractivity contribution in [3.8, 4) is 0 Å². The van der Waals surface area contributed by atoms with E-state index in [0.29, 0.717) is 12.4 Å². The van der Waals surface area contributed by atoms with Gasteiger partial charge in [0.15, 0.2) is 0 Å². The Labute approximate surface area is 58.8 Å². The molecule has 10 heavy (non-hydrogen) atoms. The van der Waals surface area contributed by atoms with Gasteiger partial charge in [-0.2, -0.15) is 0 Å². The monoisotopic (exact) mass is 142 g/mol. The Morgan fingerprint density at radius 2 is 2.50 bits per heavy atom. The van der Waals surface area contributed by atoms with Crippen LogP contribution in [-0.2, 0) is 9.53 Å². The van der Waals surface area contributed by atoms with E-state index in [1.807, 2.05) is 0 Å². The van der Waals surface area contributed by atoms with Crippen molar-refractivity contribution in [3.63, 3.8) is 0 Å². The highest BCUT2D eigenvalue weighted by molar-refractivity contribution is 5.82. The Hall–Kier alpha value is -1.03. The van der Waals surface area contributed by atoms with Crippen LogP contribution < -0.4 is 11.5 Å². The van der Waals surface area contributed by atoms with Crippen LogP contribution in [-0.4, -0.2) is 18.6 Å². The van der Waals surface area contributed by atoms with Gasteiger partial charge in [0.1, 0.15) is 11.8 Å². The fourth-order valence-electron chi connectivity index (χ4n) is 0.794. The molecule has 0 bridgehead atoms. The zero-order valence-corrected chi connectivity index (χ0v) is 5.54. The molecule has 1 atom stereocenters. The Balaban J connectivity index is 2.55. The molecule has 1 unspecified atom stereocenters. The molecule has 0 radical (unpaired) electrons. The Kier molecular flexibility index (Phi) is 1.91. The van der Waals surface area contributed by atoms with Crippen LogP contribution in [0.1, 0.15) is 6.42 Å². The van der Waals surface area contributed by atoms with Crippen LogP contribution in [0.15, 0.2) is 11.8 Å². The van der Waals surface area contributed by atoms with Gasteiger partial charge in [-0.3, -0.25) is 4.79 Å². The van der Waals surface area contributed by atoms with Gasteiger partial charge >= 0.3 is 0 Å². The first-order valence-corrected chi connectivity index (χ1v) is 3.09. The largest absolute Gasteiger partial charge is 0.496 e. The lowest BCUT2D eigenvalue weighted by molar-refractivity contribution is -0.119. The zero-order valence-electron chi connectivity index (χ0n) is 5.54. The van der Waals surface area contributed by atoms with Gasteiger partial charge in [0.05, 0.1) is 6.61 Å². The standard InChI is InChI=1S/C6H10N2O2/c7-5(6(8)9)4-2-1-3-10-4/h2,5H,1,3,7H2,(H2,8,9). The number of ether oxygens (including phenoxy) is 1. The molecule has 1 heterocycles. The van der Waals surface area contributed by atoms with E-state index in [-0.39, 0.29) is 0 Å². The molecular weight excluding hydrogens is 132 g/mol. The summed E-state index contributed by atoms with van der Waals surface area (Å²) in [6, 6.07) is -0.762. The topological polar surface area (TPSA) is 78.3 Å². The number of primary amides is 1. The molecule has 0 fully saturated rings. The minimum atomic E-state index is -0.762. The fourth-order valence-corrected chi connectivity index (χ4v) is 0.794. The van der Waals surface area contributed by atoms with E-state index in [1.54, 1.807) is 6.08 Å². The van der Waals surface area contributed by atoms with Crippen molar-refractivity contribution in [2.45, 2.75) is 12.5 Å². The van der Waals surface area contributed by atoms with Gasteiger partial charge in [-0.1, -0.05) is 0 Å². The highest BCUT2D eigenvalue weighted by Crippen LogP contribution is 2.11. The third kappa shape index (κ3) is 1.27. The van der Waals surface area contributed by atoms with Crippen LogP contribution in [0.5, 0.6) is 0 Å². The van der Waals surface area contributed by atoms with Gasteiger partial charge < -0.3 is 16.2 Å². The second-order valence-corrected chi connectivity index (χ2v) is 2.12. The van der Waals surface area contributed by atoms with Crippen LogP contribution in [0, 0.1) is 0 Å². The number of nitrogens with two attached hydrogens (primary N) is 2. The summed E-state index contributed by atoms with van der Waals surface area (Å²) in [5.41, 5.74) is 10.3. The van der Waals surface area contributed by atoms with Crippen molar-refractivity contribution in [2.24, 2.45) is 11.5 Å². The molecule has 0 aromatic rings. The van der Waals surface area contributed by atoms with Crippen LogP contribution in [0.3, 0.4) is 0 Å². The summed E-state index contributed by atoms with van der Waals surface area (Å²) in [6.45, 7) is 0.607. The lowest BCUT2D eigenvalue weighted by Gasteiger charge is -2.07. The summed E-state index contributed by atoms with van der Waals surface area (Å²) in [6.07, 6.45) is 2.60.